The van der Waals surface area contributed by atoms with Crippen LogP contribution in [0.25, 0.3) is 0 Å². The first-order chi connectivity index (χ1) is 24.6. The third-order valence-electron chi connectivity index (χ3n) is 8.68. The van der Waals surface area contributed by atoms with E-state index in [4.69, 9.17) is 18.9 Å². The van der Waals surface area contributed by atoms with Crippen LogP contribution in [0.3, 0.4) is 0 Å². The third kappa shape index (κ3) is 9.21. The molecule has 0 unspecified atom stereocenters. The summed E-state index contributed by atoms with van der Waals surface area (Å²) in [5.74, 6) is -2.47. The minimum absolute atomic E-state index is 0.0845. The number of benzene rings is 3. The van der Waals surface area contributed by atoms with Crippen LogP contribution < -0.4 is 0 Å². The maximum Gasteiger partial charge on any atom is 0.355 e. The smallest absolute Gasteiger partial charge is 0.355 e. The highest BCUT2D eigenvalue weighted by atomic mass is 16.5. The number of H-pyrrole nitrogens is 2. The van der Waals surface area contributed by atoms with Crippen molar-refractivity contribution in [3.63, 3.8) is 0 Å². The van der Waals surface area contributed by atoms with Gasteiger partial charge in [0.05, 0.1) is 19.1 Å². The van der Waals surface area contributed by atoms with Crippen molar-refractivity contribution in [2.45, 2.75) is 59.7 Å². The van der Waals surface area contributed by atoms with Crippen molar-refractivity contribution >= 4 is 23.9 Å². The normalized spacial score (nSPS) is 10.9. The van der Waals surface area contributed by atoms with Gasteiger partial charge in [0.25, 0.3) is 0 Å². The molecule has 5 aromatic rings. The molecule has 0 amide bonds. The van der Waals surface area contributed by atoms with Gasteiger partial charge < -0.3 is 28.9 Å². The predicted molar refractivity (Wildman–Crippen MR) is 190 cm³/mol. The van der Waals surface area contributed by atoms with Crippen LogP contribution in [0.5, 0.6) is 0 Å². The maximum atomic E-state index is 13.6. The van der Waals surface area contributed by atoms with Crippen molar-refractivity contribution in [3.05, 3.63) is 153 Å². The van der Waals surface area contributed by atoms with Gasteiger partial charge in [0.1, 0.15) is 24.6 Å². The fourth-order valence-electron chi connectivity index (χ4n) is 6.17. The number of carbonyl (C=O) groups excluding carboxylic acids is 4. The Morgan fingerprint density at radius 3 is 1.29 bits per heavy atom. The molecule has 10 nitrogen and oxygen atoms in total. The molecule has 51 heavy (non-hydrogen) atoms. The lowest BCUT2D eigenvalue weighted by atomic mass is 9.86. The van der Waals surface area contributed by atoms with Gasteiger partial charge in [-0.1, -0.05) is 91.0 Å². The number of nitrogens with one attached hydrogen (secondary N) is 2. The van der Waals surface area contributed by atoms with Crippen molar-refractivity contribution in [2.75, 3.05) is 13.2 Å². The van der Waals surface area contributed by atoms with Crippen LogP contribution in [0, 0.1) is 13.8 Å². The zero-order valence-electron chi connectivity index (χ0n) is 29.2. The molecule has 2 heterocycles. The molecule has 2 N–H and O–H groups in total. The summed E-state index contributed by atoms with van der Waals surface area (Å²) in [6, 6.07) is 28.5. The molecule has 0 saturated heterocycles. The van der Waals surface area contributed by atoms with Crippen molar-refractivity contribution in [1.82, 2.24) is 9.97 Å². The van der Waals surface area contributed by atoms with Gasteiger partial charge in [0.15, 0.2) is 0 Å². The van der Waals surface area contributed by atoms with E-state index < -0.39 is 29.8 Å². The molecular formula is C41H42N2O8. The maximum absolute atomic E-state index is 13.6. The van der Waals surface area contributed by atoms with E-state index in [1.165, 1.54) is 13.8 Å². The van der Waals surface area contributed by atoms with Gasteiger partial charge in [-0.25, -0.2) is 9.59 Å². The quantitative estimate of drug-likeness (QED) is 0.0880. The van der Waals surface area contributed by atoms with E-state index in [0.717, 1.165) is 27.8 Å². The van der Waals surface area contributed by atoms with Crippen molar-refractivity contribution in [3.8, 4) is 0 Å². The minimum atomic E-state index is -0.561. The van der Waals surface area contributed by atoms with Crippen molar-refractivity contribution < 1.29 is 38.1 Å². The second kappa shape index (κ2) is 17.2. The number of carbonyl (C=O) groups is 4. The van der Waals surface area contributed by atoms with Crippen LogP contribution in [-0.2, 0) is 54.6 Å². The average molecular weight is 691 g/mol. The van der Waals surface area contributed by atoms with Crippen LogP contribution in [-0.4, -0.2) is 47.1 Å². The third-order valence-corrected chi connectivity index (χ3v) is 8.68. The van der Waals surface area contributed by atoms with E-state index in [1.807, 2.05) is 105 Å². The number of aromatic amines is 2. The van der Waals surface area contributed by atoms with E-state index in [1.54, 1.807) is 0 Å². The molecular weight excluding hydrogens is 648 g/mol. The van der Waals surface area contributed by atoms with Gasteiger partial charge in [0, 0.05) is 38.1 Å². The van der Waals surface area contributed by atoms with Gasteiger partial charge in [-0.2, -0.15) is 0 Å². The predicted octanol–water partition coefficient (Wildman–Crippen LogP) is 7.07. The zero-order valence-corrected chi connectivity index (χ0v) is 29.2. The highest BCUT2D eigenvalue weighted by molar-refractivity contribution is 5.91. The van der Waals surface area contributed by atoms with Gasteiger partial charge in [-0.3, -0.25) is 9.59 Å². The Hall–Kier alpha value is -5.90. The highest BCUT2D eigenvalue weighted by Gasteiger charge is 2.32. The standard InChI is InChI=1S/C41H42N2O8/c1-26-33(20-22-48-28(3)44)38(42-36(26)40(46)50-24-30-14-8-5-9-15-30)35(32-18-12-7-13-19-32)39-34(21-23-49-29(4)45)27(2)37(43-39)41(47)51-25-31-16-10-6-11-17-31/h5-19,35,42-43H,20-25H2,1-4H3. The molecule has 0 radical (unpaired) electrons. The lowest BCUT2D eigenvalue weighted by molar-refractivity contribution is -0.141. The largest absolute Gasteiger partial charge is 0.466 e. The molecule has 5 rings (SSSR count). The molecule has 3 aromatic carbocycles. The molecule has 0 aliphatic heterocycles. The first-order valence-electron chi connectivity index (χ1n) is 16.8. The topological polar surface area (TPSA) is 137 Å². The molecule has 264 valence electrons. The zero-order chi connectivity index (χ0) is 36.3. The molecule has 0 saturated carbocycles. The molecule has 0 bridgehead atoms. The minimum Gasteiger partial charge on any atom is -0.466 e. The van der Waals surface area contributed by atoms with Gasteiger partial charge in [0.2, 0.25) is 0 Å². The highest BCUT2D eigenvalue weighted by Crippen LogP contribution is 2.39. The van der Waals surface area contributed by atoms with Gasteiger partial charge in [-0.15, -0.1) is 0 Å². The summed E-state index contributed by atoms with van der Waals surface area (Å²) in [6.45, 7) is 6.70. The second-order valence-electron chi connectivity index (χ2n) is 12.2. The summed E-state index contributed by atoms with van der Waals surface area (Å²) in [7, 11) is 0. The van der Waals surface area contributed by atoms with Crippen molar-refractivity contribution in [1.29, 1.82) is 0 Å². The number of rotatable bonds is 15. The summed E-state index contributed by atoms with van der Waals surface area (Å²) in [5, 5.41) is 0. The number of esters is 4. The lowest BCUT2D eigenvalue weighted by Crippen LogP contribution is -2.13. The van der Waals surface area contributed by atoms with E-state index in [0.29, 0.717) is 35.4 Å². The van der Waals surface area contributed by atoms with Crippen LogP contribution >= 0.6 is 0 Å². The first-order valence-corrected chi connectivity index (χ1v) is 16.8. The van der Waals surface area contributed by atoms with Crippen LogP contribution in [0.4, 0.5) is 0 Å². The number of ether oxygens (including phenoxy) is 4. The van der Waals surface area contributed by atoms with E-state index in [2.05, 4.69) is 9.97 Å². The summed E-state index contributed by atoms with van der Waals surface area (Å²) in [5.41, 5.74) is 7.26. The number of hydrogen-bond acceptors (Lipinski definition) is 8. The molecule has 0 fully saturated rings. The Morgan fingerprint density at radius 2 is 0.922 bits per heavy atom. The summed E-state index contributed by atoms with van der Waals surface area (Å²) < 4.78 is 22.2. The Morgan fingerprint density at radius 1 is 0.549 bits per heavy atom. The van der Waals surface area contributed by atoms with Gasteiger partial charge in [-0.05, 0) is 52.8 Å². The van der Waals surface area contributed by atoms with Crippen LogP contribution in [0.1, 0.15) is 91.1 Å². The Balaban J connectivity index is 1.62. The molecule has 0 atom stereocenters. The second-order valence-corrected chi connectivity index (χ2v) is 12.2. The molecule has 0 spiro atoms. The summed E-state index contributed by atoms with van der Waals surface area (Å²) >= 11 is 0. The van der Waals surface area contributed by atoms with Crippen LogP contribution in [0.15, 0.2) is 91.0 Å². The fraction of sp³-hybridized carbons (Fsp3) is 0.268. The van der Waals surface area contributed by atoms with Gasteiger partial charge >= 0.3 is 23.9 Å². The monoisotopic (exact) mass is 690 g/mol. The average Bonchev–Trinajstić information content (AvgIpc) is 3.63. The van der Waals surface area contributed by atoms with Crippen LogP contribution in [0.2, 0.25) is 0 Å². The number of aromatic nitrogens is 2. The molecule has 0 aliphatic carbocycles. The molecule has 0 aliphatic rings. The van der Waals surface area contributed by atoms with E-state index in [-0.39, 0.29) is 37.8 Å². The lowest BCUT2D eigenvalue weighted by Gasteiger charge is -2.20. The SMILES string of the molecule is CC(=O)OCCc1c(C(c2ccccc2)c2[nH]c(C(=O)OCc3ccccc3)c(C)c2CCOC(C)=O)[nH]c(C(=O)OCc2ccccc2)c1C. The summed E-state index contributed by atoms with van der Waals surface area (Å²) in [6.07, 6.45) is 0.613. The van der Waals surface area contributed by atoms with E-state index >= 15 is 0 Å². The number of hydrogen-bond donors (Lipinski definition) is 2. The molecule has 2 aromatic heterocycles. The fourth-order valence-corrected chi connectivity index (χ4v) is 6.17. The molecule has 10 heteroatoms. The Bertz CT molecular complexity index is 1840. The summed E-state index contributed by atoms with van der Waals surface area (Å²) in [4.78, 5) is 57.6. The van der Waals surface area contributed by atoms with E-state index in [9.17, 15) is 19.2 Å². The Labute approximate surface area is 297 Å². The first kappa shape index (κ1) is 36.4. The Kier molecular flexibility index (Phi) is 12.2. The van der Waals surface area contributed by atoms with Crippen molar-refractivity contribution in [2.24, 2.45) is 0 Å².